The number of benzene rings is 2. The van der Waals surface area contributed by atoms with Gasteiger partial charge in [0.2, 0.25) is 12.7 Å². The highest BCUT2D eigenvalue weighted by molar-refractivity contribution is 8.14. The van der Waals surface area contributed by atoms with Gasteiger partial charge in [0.05, 0.1) is 17.8 Å². The summed E-state index contributed by atoms with van der Waals surface area (Å²) < 4.78 is 10.7. The maximum atomic E-state index is 12.5. The summed E-state index contributed by atoms with van der Waals surface area (Å²) in [6, 6.07) is 16.3. The van der Waals surface area contributed by atoms with Gasteiger partial charge in [-0.05, 0) is 24.1 Å². The van der Waals surface area contributed by atoms with Gasteiger partial charge in [-0.25, -0.2) is 5.43 Å². The van der Waals surface area contributed by atoms with Crippen LogP contribution < -0.4 is 25.6 Å². The van der Waals surface area contributed by atoms with E-state index in [1.165, 1.54) is 17.3 Å². The maximum Gasteiger partial charge on any atom is 0.234 e. The zero-order valence-corrected chi connectivity index (χ0v) is 17.9. The van der Waals surface area contributed by atoms with Gasteiger partial charge in [0.1, 0.15) is 6.17 Å². The molecule has 0 bridgehead atoms. The van der Waals surface area contributed by atoms with Crippen LogP contribution in [0.3, 0.4) is 0 Å². The second-order valence-corrected chi connectivity index (χ2v) is 8.82. The van der Waals surface area contributed by atoms with Gasteiger partial charge in [0, 0.05) is 24.2 Å². The maximum absolute atomic E-state index is 12.5. The number of amides is 1. The standard InChI is InChI=1S/C22H22N6O3S/c29-20(23-15-6-7-18-19(10-15)31-13-30-18)12-32-22-25-24-21-17-11-16(14-4-2-1-3-5-14)26-28(17)9-8-27(21)22/h1-10,16-17,21,24,26H,11-13H2,(H,23,29). The summed E-state index contributed by atoms with van der Waals surface area (Å²) in [5, 5.41) is 10.3. The van der Waals surface area contributed by atoms with Crippen molar-refractivity contribution in [2.24, 2.45) is 5.10 Å². The fourth-order valence-corrected chi connectivity index (χ4v) is 5.13. The Labute approximate surface area is 189 Å². The quantitative estimate of drug-likeness (QED) is 0.654. The summed E-state index contributed by atoms with van der Waals surface area (Å²) in [5.41, 5.74) is 8.78. The van der Waals surface area contributed by atoms with Gasteiger partial charge in [0.25, 0.3) is 0 Å². The molecule has 2 aromatic carbocycles. The van der Waals surface area contributed by atoms with Crippen LogP contribution in [0.2, 0.25) is 0 Å². The summed E-state index contributed by atoms with van der Waals surface area (Å²) in [6.45, 7) is 0.208. The molecule has 0 radical (unpaired) electrons. The van der Waals surface area contributed by atoms with Crippen molar-refractivity contribution >= 4 is 28.5 Å². The molecular formula is C22H22N6O3S. The molecule has 0 saturated carbocycles. The van der Waals surface area contributed by atoms with Crippen LogP contribution in [0.1, 0.15) is 18.0 Å². The first-order valence-electron chi connectivity index (χ1n) is 10.5. The molecule has 164 valence electrons. The molecule has 4 aliphatic rings. The molecule has 3 N–H and O–H groups in total. The number of fused-ring (bicyclic) bond motifs is 4. The van der Waals surface area contributed by atoms with E-state index in [9.17, 15) is 4.79 Å². The molecule has 32 heavy (non-hydrogen) atoms. The molecule has 1 amide bonds. The summed E-state index contributed by atoms with van der Waals surface area (Å²) >= 11 is 1.41. The summed E-state index contributed by atoms with van der Waals surface area (Å²) in [5.74, 6) is 1.49. The van der Waals surface area contributed by atoms with E-state index in [4.69, 9.17) is 9.47 Å². The van der Waals surface area contributed by atoms with Gasteiger partial charge >= 0.3 is 0 Å². The molecule has 0 aromatic heterocycles. The van der Waals surface area contributed by atoms with E-state index in [0.29, 0.717) is 17.2 Å². The number of nitrogens with one attached hydrogen (secondary N) is 3. The number of ether oxygens (including phenoxy) is 2. The number of hydrogen-bond donors (Lipinski definition) is 3. The third kappa shape index (κ3) is 3.51. The summed E-state index contributed by atoms with van der Waals surface area (Å²) in [6.07, 6.45) is 5.03. The van der Waals surface area contributed by atoms with E-state index in [-0.39, 0.29) is 36.7 Å². The molecule has 10 heteroatoms. The minimum absolute atomic E-state index is 0.0284. The highest BCUT2D eigenvalue weighted by Crippen LogP contribution is 2.36. The average molecular weight is 451 g/mol. The molecule has 6 rings (SSSR count). The molecule has 3 atom stereocenters. The monoisotopic (exact) mass is 450 g/mol. The normalized spacial score (nSPS) is 24.6. The number of anilines is 1. The molecule has 4 aliphatic heterocycles. The second kappa shape index (κ2) is 7.95. The Morgan fingerprint density at radius 3 is 2.94 bits per heavy atom. The number of hydrazone groups is 1. The minimum Gasteiger partial charge on any atom is -0.454 e. The largest absolute Gasteiger partial charge is 0.454 e. The molecule has 3 unspecified atom stereocenters. The van der Waals surface area contributed by atoms with Crippen molar-refractivity contribution in [3.63, 3.8) is 0 Å². The van der Waals surface area contributed by atoms with Gasteiger partial charge in [-0.2, -0.15) is 5.10 Å². The molecule has 1 fully saturated rings. The first-order chi connectivity index (χ1) is 15.7. The van der Waals surface area contributed by atoms with Crippen LogP contribution in [0.15, 0.2) is 66.0 Å². The number of thioether (sulfide) groups is 1. The van der Waals surface area contributed by atoms with Gasteiger partial charge in [-0.1, -0.05) is 42.1 Å². The predicted octanol–water partition coefficient (Wildman–Crippen LogP) is 2.39. The lowest BCUT2D eigenvalue weighted by atomic mass is 10.00. The van der Waals surface area contributed by atoms with Crippen LogP contribution in [0.4, 0.5) is 5.69 Å². The van der Waals surface area contributed by atoms with Crippen LogP contribution >= 0.6 is 11.8 Å². The molecular weight excluding hydrogens is 428 g/mol. The fraction of sp³-hybridized carbons (Fsp3) is 0.273. The van der Waals surface area contributed by atoms with Crippen LogP contribution in [-0.2, 0) is 4.79 Å². The number of hydrogen-bond acceptors (Lipinski definition) is 9. The van der Waals surface area contributed by atoms with E-state index in [1.807, 2.05) is 18.5 Å². The summed E-state index contributed by atoms with van der Waals surface area (Å²) in [7, 11) is 0. The number of carbonyl (C=O) groups excluding carboxylic acids is 1. The van der Waals surface area contributed by atoms with Crippen LogP contribution in [0.25, 0.3) is 0 Å². The highest BCUT2D eigenvalue weighted by atomic mass is 32.2. The lowest BCUT2D eigenvalue weighted by Crippen LogP contribution is -2.54. The first kappa shape index (κ1) is 19.3. The van der Waals surface area contributed by atoms with Gasteiger partial charge in [-0.3, -0.25) is 10.2 Å². The van der Waals surface area contributed by atoms with Crippen LogP contribution in [0, 0.1) is 0 Å². The van der Waals surface area contributed by atoms with Crippen molar-refractivity contribution in [3.8, 4) is 11.5 Å². The Morgan fingerprint density at radius 1 is 1.16 bits per heavy atom. The van der Waals surface area contributed by atoms with Gasteiger partial charge in [0.15, 0.2) is 16.7 Å². The van der Waals surface area contributed by atoms with E-state index < -0.39 is 0 Å². The Hall–Kier alpha value is -3.37. The number of carbonyl (C=O) groups is 1. The minimum atomic E-state index is -0.102. The Kier molecular flexibility index (Phi) is 4.80. The van der Waals surface area contributed by atoms with Crippen molar-refractivity contribution in [3.05, 3.63) is 66.5 Å². The van der Waals surface area contributed by atoms with E-state index in [0.717, 1.165) is 11.6 Å². The van der Waals surface area contributed by atoms with Gasteiger partial charge in [-0.15, -0.1) is 0 Å². The second-order valence-electron chi connectivity index (χ2n) is 7.88. The Balaban J connectivity index is 1.05. The first-order valence-corrected chi connectivity index (χ1v) is 11.4. The summed E-state index contributed by atoms with van der Waals surface area (Å²) in [4.78, 5) is 14.6. The van der Waals surface area contributed by atoms with Gasteiger partial charge < -0.3 is 24.7 Å². The average Bonchev–Trinajstić information content (AvgIpc) is 3.55. The van der Waals surface area contributed by atoms with E-state index >= 15 is 0 Å². The third-order valence-electron chi connectivity index (χ3n) is 5.90. The van der Waals surface area contributed by atoms with Crippen LogP contribution in [0.5, 0.6) is 11.5 Å². The zero-order chi connectivity index (χ0) is 21.5. The molecule has 1 saturated heterocycles. The molecule has 4 heterocycles. The van der Waals surface area contributed by atoms with Crippen LogP contribution in [-0.4, -0.2) is 45.7 Å². The molecule has 0 spiro atoms. The lowest BCUT2D eigenvalue weighted by Gasteiger charge is -2.36. The number of nitrogens with zero attached hydrogens (tertiary/aromatic N) is 3. The fourth-order valence-electron chi connectivity index (χ4n) is 4.35. The number of amidine groups is 1. The SMILES string of the molecule is O=C(CSC1=NNC2C3CC(c4ccccc4)NN3C=CN12)Nc1ccc2c(c1)OCO2. The Bertz CT molecular complexity index is 1090. The lowest BCUT2D eigenvalue weighted by molar-refractivity contribution is -0.113. The van der Waals surface area contributed by atoms with Crippen molar-refractivity contribution < 1.29 is 14.3 Å². The van der Waals surface area contributed by atoms with Crippen molar-refractivity contribution in [1.82, 2.24) is 20.8 Å². The third-order valence-corrected chi connectivity index (χ3v) is 6.86. The topological polar surface area (TPSA) is 90.5 Å². The number of rotatable bonds is 4. The number of hydrazine groups is 1. The smallest absolute Gasteiger partial charge is 0.234 e. The Morgan fingerprint density at radius 2 is 2.03 bits per heavy atom. The van der Waals surface area contributed by atoms with Crippen molar-refractivity contribution in [2.45, 2.75) is 24.7 Å². The van der Waals surface area contributed by atoms with Crippen molar-refractivity contribution in [2.75, 3.05) is 17.9 Å². The van der Waals surface area contributed by atoms with E-state index in [2.05, 4.69) is 55.4 Å². The zero-order valence-electron chi connectivity index (χ0n) is 17.1. The van der Waals surface area contributed by atoms with Crippen molar-refractivity contribution in [1.29, 1.82) is 0 Å². The molecule has 0 aliphatic carbocycles. The van der Waals surface area contributed by atoms with E-state index in [1.54, 1.807) is 18.2 Å². The predicted molar refractivity (Wildman–Crippen MR) is 122 cm³/mol. The molecule has 9 nitrogen and oxygen atoms in total. The molecule has 2 aromatic rings. The highest BCUT2D eigenvalue weighted by Gasteiger charge is 2.44.